The normalized spacial score (nSPS) is 25.2. The molecule has 3 atom stereocenters. The van der Waals surface area contributed by atoms with Crippen LogP contribution in [0.4, 0.5) is 0 Å². The highest BCUT2D eigenvalue weighted by Crippen LogP contribution is 2.29. The van der Waals surface area contributed by atoms with Gasteiger partial charge >= 0.3 is 0 Å². The van der Waals surface area contributed by atoms with Gasteiger partial charge in [0.05, 0.1) is 18.3 Å². The second-order valence-electron chi connectivity index (χ2n) is 5.34. The molecule has 0 heterocycles. The summed E-state index contributed by atoms with van der Waals surface area (Å²) in [7, 11) is 1.81. The third kappa shape index (κ3) is 4.43. The Morgan fingerprint density at radius 1 is 1.32 bits per heavy atom. The van der Waals surface area contributed by atoms with E-state index in [-0.39, 0.29) is 6.10 Å². The highest BCUT2D eigenvalue weighted by Gasteiger charge is 2.25. The van der Waals surface area contributed by atoms with Gasteiger partial charge in [-0.2, -0.15) is 0 Å². The second kappa shape index (κ2) is 7.60. The molecule has 3 heteroatoms. The Balaban J connectivity index is 1.99. The summed E-state index contributed by atoms with van der Waals surface area (Å²) >= 11 is 2.42. The minimum Gasteiger partial charge on any atom is -0.381 e. The fraction of sp³-hybridized carbons (Fsp3) is 0.625. The van der Waals surface area contributed by atoms with Crippen LogP contribution in [0.25, 0.3) is 0 Å². The Morgan fingerprint density at radius 2 is 2.11 bits per heavy atom. The number of methoxy groups -OCH3 is 1. The summed E-state index contributed by atoms with van der Waals surface area (Å²) in [4.78, 5) is 0. The van der Waals surface area contributed by atoms with E-state index in [2.05, 4.69) is 53.8 Å². The van der Waals surface area contributed by atoms with Crippen molar-refractivity contribution in [2.24, 2.45) is 0 Å². The van der Waals surface area contributed by atoms with Crippen LogP contribution >= 0.6 is 22.6 Å². The SMILES string of the molecule is COC1CCCC(OC(CI)c2cccc(C)c2)C1. The van der Waals surface area contributed by atoms with Crippen LogP contribution in [0.2, 0.25) is 0 Å². The van der Waals surface area contributed by atoms with Gasteiger partial charge < -0.3 is 9.47 Å². The summed E-state index contributed by atoms with van der Waals surface area (Å²) in [5, 5.41) is 0. The molecule has 0 amide bonds. The lowest BCUT2D eigenvalue weighted by Gasteiger charge is -2.31. The summed E-state index contributed by atoms with van der Waals surface area (Å²) in [5.41, 5.74) is 2.60. The molecule has 0 saturated heterocycles. The van der Waals surface area contributed by atoms with Crippen LogP contribution in [0.1, 0.15) is 42.9 Å². The molecule has 0 spiro atoms. The average molecular weight is 374 g/mol. The largest absolute Gasteiger partial charge is 0.381 e. The number of rotatable bonds is 5. The first-order chi connectivity index (χ1) is 9.22. The predicted molar refractivity (Wildman–Crippen MR) is 86.9 cm³/mol. The fourth-order valence-corrected chi connectivity index (χ4v) is 3.46. The number of halogens is 1. The lowest BCUT2D eigenvalue weighted by Crippen LogP contribution is -2.29. The van der Waals surface area contributed by atoms with Crippen molar-refractivity contribution in [1.29, 1.82) is 0 Å². The number of benzene rings is 1. The molecule has 1 saturated carbocycles. The number of ether oxygens (including phenoxy) is 2. The molecule has 2 rings (SSSR count). The first-order valence-electron chi connectivity index (χ1n) is 7.03. The molecule has 0 aromatic heterocycles. The summed E-state index contributed by atoms with van der Waals surface area (Å²) in [6, 6.07) is 8.66. The van der Waals surface area contributed by atoms with Gasteiger partial charge in [0.1, 0.15) is 0 Å². The van der Waals surface area contributed by atoms with E-state index in [1.54, 1.807) is 0 Å². The lowest BCUT2D eigenvalue weighted by atomic mass is 9.94. The molecule has 1 aromatic rings. The van der Waals surface area contributed by atoms with Gasteiger partial charge in [-0.1, -0.05) is 52.4 Å². The van der Waals surface area contributed by atoms with Crippen molar-refractivity contribution in [2.45, 2.75) is 50.9 Å². The Kier molecular flexibility index (Phi) is 6.10. The van der Waals surface area contributed by atoms with Crippen molar-refractivity contribution in [2.75, 3.05) is 11.5 Å². The topological polar surface area (TPSA) is 18.5 Å². The molecule has 0 N–H and O–H groups in total. The minimum atomic E-state index is 0.209. The molecular formula is C16H23IO2. The first-order valence-corrected chi connectivity index (χ1v) is 8.56. The second-order valence-corrected chi connectivity index (χ2v) is 6.22. The van der Waals surface area contributed by atoms with Crippen molar-refractivity contribution in [3.05, 3.63) is 35.4 Å². The number of hydrogen-bond acceptors (Lipinski definition) is 2. The molecule has 106 valence electrons. The summed E-state index contributed by atoms with van der Waals surface area (Å²) < 4.78 is 12.8. The molecule has 1 fully saturated rings. The van der Waals surface area contributed by atoms with Crippen LogP contribution < -0.4 is 0 Å². The number of aryl methyl sites for hydroxylation is 1. The van der Waals surface area contributed by atoms with Crippen molar-refractivity contribution in [1.82, 2.24) is 0 Å². The van der Waals surface area contributed by atoms with Crippen LogP contribution in [-0.4, -0.2) is 23.7 Å². The van der Waals surface area contributed by atoms with E-state index in [4.69, 9.17) is 9.47 Å². The van der Waals surface area contributed by atoms with Crippen LogP contribution in [0, 0.1) is 6.92 Å². The van der Waals surface area contributed by atoms with Crippen LogP contribution in [0.15, 0.2) is 24.3 Å². The van der Waals surface area contributed by atoms with E-state index >= 15 is 0 Å². The van der Waals surface area contributed by atoms with E-state index in [1.807, 2.05) is 7.11 Å². The van der Waals surface area contributed by atoms with Gasteiger partial charge in [0.25, 0.3) is 0 Å². The van der Waals surface area contributed by atoms with E-state index in [0.717, 1.165) is 10.8 Å². The van der Waals surface area contributed by atoms with Crippen molar-refractivity contribution in [3.8, 4) is 0 Å². The molecule has 19 heavy (non-hydrogen) atoms. The Bertz CT molecular complexity index is 394. The molecule has 0 bridgehead atoms. The van der Waals surface area contributed by atoms with E-state index in [0.29, 0.717) is 12.2 Å². The third-order valence-corrected chi connectivity index (χ3v) is 4.62. The van der Waals surface area contributed by atoms with Gasteiger partial charge in [-0.25, -0.2) is 0 Å². The van der Waals surface area contributed by atoms with E-state index < -0.39 is 0 Å². The Morgan fingerprint density at radius 3 is 2.79 bits per heavy atom. The smallest absolute Gasteiger partial charge is 0.0918 e. The van der Waals surface area contributed by atoms with E-state index in [9.17, 15) is 0 Å². The Hall–Kier alpha value is -0.130. The fourth-order valence-electron chi connectivity index (χ4n) is 2.75. The maximum Gasteiger partial charge on any atom is 0.0918 e. The molecule has 0 radical (unpaired) electrons. The quantitative estimate of drug-likeness (QED) is 0.560. The zero-order chi connectivity index (χ0) is 13.7. The summed E-state index contributed by atoms with van der Waals surface area (Å²) in [5.74, 6) is 0. The highest BCUT2D eigenvalue weighted by atomic mass is 127. The van der Waals surface area contributed by atoms with Gasteiger partial charge in [-0.15, -0.1) is 0 Å². The van der Waals surface area contributed by atoms with Gasteiger partial charge in [-0.3, -0.25) is 0 Å². The van der Waals surface area contributed by atoms with Crippen LogP contribution in [-0.2, 0) is 9.47 Å². The Labute approximate surface area is 130 Å². The maximum absolute atomic E-state index is 6.33. The molecule has 2 nitrogen and oxygen atoms in total. The van der Waals surface area contributed by atoms with Crippen molar-refractivity contribution < 1.29 is 9.47 Å². The third-order valence-electron chi connectivity index (χ3n) is 3.82. The standard InChI is InChI=1S/C16H23IO2/c1-12-5-3-6-13(9-12)16(11-17)19-15-8-4-7-14(10-15)18-2/h3,5-6,9,14-16H,4,7-8,10-11H2,1-2H3. The zero-order valence-electron chi connectivity index (χ0n) is 11.8. The summed E-state index contributed by atoms with van der Waals surface area (Å²) in [6.45, 7) is 2.13. The highest BCUT2D eigenvalue weighted by molar-refractivity contribution is 14.1. The molecule has 3 unspecified atom stereocenters. The molecule has 1 aromatic carbocycles. The van der Waals surface area contributed by atoms with Crippen molar-refractivity contribution in [3.63, 3.8) is 0 Å². The monoisotopic (exact) mass is 374 g/mol. The predicted octanol–water partition coefficient (Wildman–Crippen LogP) is 4.45. The zero-order valence-corrected chi connectivity index (χ0v) is 13.9. The molecule has 0 aliphatic heterocycles. The average Bonchev–Trinajstić information content (AvgIpc) is 2.45. The van der Waals surface area contributed by atoms with Gasteiger partial charge in [0.2, 0.25) is 0 Å². The van der Waals surface area contributed by atoms with E-state index in [1.165, 1.54) is 30.4 Å². The minimum absolute atomic E-state index is 0.209. The first kappa shape index (κ1) is 15.3. The summed E-state index contributed by atoms with van der Waals surface area (Å²) in [6.07, 6.45) is 5.53. The van der Waals surface area contributed by atoms with Crippen LogP contribution in [0.3, 0.4) is 0 Å². The molecular weight excluding hydrogens is 351 g/mol. The number of alkyl halides is 1. The lowest BCUT2D eigenvalue weighted by molar-refractivity contribution is -0.0578. The van der Waals surface area contributed by atoms with Gasteiger partial charge in [0, 0.05) is 11.5 Å². The number of hydrogen-bond donors (Lipinski definition) is 0. The van der Waals surface area contributed by atoms with Gasteiger partial charge in [-0.05, 0) is 38.2 Å². The maximum atomic E-state index is 6.33. The molecule has 1 aliphatic rings. The van der Waals surface area contributed by atoms with Crippen LogP contribution in [0.5, 0.6) is 0 Å². The van der Waals surface area contributed by atoms with Gasteiger partial charge in [0.15, 0.2) is 0 Å². The van der Waals surface area contributed by atoms with Crippen molar-refractivity contribution >= 4 is 22.6 Å². The molecule has 1 aliphatic carbocycles.